The van der Waals surface area contributed by atoms with Crippen LogP contribution in [0.5, 0.6) is 5.75 Å². The Morgan fingerprint density at radius 2 is 2.22 bits per heavy atom. The average molecular weight is 251 g/mol. The number of phenols is 1. The average Bonchev–Trinajstić information content (AvgIpc) is 2.26. The molecule has 0 aliphatic carbocycles. The highest BCUT2D eigenvalue weighted by Gasteiger charge is 2.08. The van der Waals surface area contributed by atoms with Crippen LogP contribution in [0.25, 0.3) is 0 Å². The highest BCUT2D eigenvalue weighted by Crippen LogP contribution is 2.21. The van der Waals surface area contributed by atoms with Gasteiger partial charge < -0.3 is 5.11 Å². The maximum atomic E-state index is 10.6. The van der Waals surface area contributed by atoms with Crippen molar-refractivity contribution in [2.45, 2.75) is 13.8 Å². The minimum absolute atomic E-state index is 0.0257. The summed E-state index contributed by atoms with van der Waals surface area (Å²) in [5, 5.41) is 26.0. The second-order valence-electron chi connectivity index (χ2n) is 4.48. The van der Waals surface area contributed by atoms with Crippen molar-refractivity contribution in [1.82, 2.24) is 5.01 Å². The van der Waals surface area contributed by atoms with Crippen LogP contribution in [0, 0.1) is 16.0 Å². The summed E-state index contributed by atoms with van der Waals surface area (Å²) in [6.07, 6.45) is 1.42. The Morgan fingerprint density at radius 3 is 2.78 bits per heavy atom. The molecule has 1 rings (SSSR count). The van der Waals surface area contributed by atoms with Crippen LogP contribution in [0.1, 0.15) is 19.4 Å². The van der Waals surface area contributed by atoms with Gasteiger partial charge >= 0.3 is 0 Å². The van der Waals surface area contributed by atoms with Crippen LogP contribution in [0.2, 0.25) is 0 Å². The molecule has 0 fully saturated rings. The summed E-state index contributed by atoms with van der Waals surface area (Å²) in [7, 11) is 1.81. The van der Waals surface area contributed by atoms with Crippen molar-refractivity contribution in [3.8, 4) is 5.75 Å². The smallest absolute Gasteiger partial charge is 0.270 e. The maximum absolute atomic E-state index is 10.6. The zero-order valence-electron chi connectivity index (χ0n) is 10.7. The summed E-state index contributed by atoms with van der Waals surface area (Å²) in [5.41, 5.74) is 0.264. The first-order valence-electron chi connectivity index (χ1n) is 5.62. The molecule has 0 amide bonds. The lowest BCUT2D eigenvalue weighted by molar-refractivity contribution is -0.384. The van der Waals surface area contributed by atoms with E-state index in [0.717, 1.165) is 6.54 Å². The summed E-state index contributed by atoms with van der Waals surface area (Å²) in [5.74, 6) is 0.438. The number of nitrogens with zero attached hydrogens (tertiary/aromatic N) is 3. The lowest BCUT2D eigenvalue weighted by Crippen LogP contribution is -2.17. The first-order valence-corrected chi connectivity index (χ1v) is 5.62. The Balaban J connectivity index is 2.86. The summed E-state index contributed by atoms with van der Waals surface area (Å²) in [6.45, 7) is 4.90. The van der Waals surface area contributed by atoms with E-state index in [-0.39, 0.29) is 11.4 Å². The van der Waals surface area contributed by atoms with Crippen LogP contribution < -0.4 is 0 Å². The molecule has 0 aromatic heterocycles. The predicted molar refractivity (Wildman–Crippen MR) is 69.8 cm³/mol. The van der Waals surface area contributed by atoms with E-state index in [1.54, 1.807) is 5.01 Å². The Bertz CT molecular complexity index is 458. The number of nitro groups is 1. The molecule has 0 bridgehead atoms. The molecule has 0 aliphatic rings. The van der Waals surface area contributed by atoms with Crippen LogP contribution in [0.15, 0.2) is 23.3 Å². The van der Waals surface area contributed by atoms with E-state index in [0.29, 0.717) is 11.5 Å². The fourth-order valence-corrected chi connectivity index (χ4v) is 1.50. The van der Waals surface area contributed by atoms with Gasteiger partial charge in [0.25, 0.3) is 5.69 Å². The molecule has 18 heavy (non-hydrogen) atoms. The number of nitro benzene ring substituents is 1. The van der Waals surface area contributed by atoms with Crippen LogP contribution in [-0.2, 0) is 0 Å². The van der Waals surface area contributed by atoms with Gasteiger partial charge in [0, 0.05) is 31.3 Å². The molecule has 1 aromatic rings. The summed E-state index contributed by atoms with van der Waals surface area (Å²) < 4.78 is 0. The molecule has 0 atom stereocenters. The van der Waals surface area contributed by atoms with Crippen molar-refractivity contribution in [2.24, 2.45) is 11.0 Å². The molecule has 0 saturated heterocycles. The van der Waals surface area contributed by atoms with Gasteiger partial charge in [-0.15, -0.1) is 0 Å². The number of hydrogen-bond acceptors (Lipinski definition) is 5. The number of non-ortho nitro benzene ring substituents is 1. The molecule has 0 spiro atoms. The minimum Gasteiger partial charge on any atom is -0.507 e. The van der Waals surface area contributed by atoms with Gasteiger partial charge in [0.05, 0.1) is 11.1 Å². The topological polar surface area (TPSA) is 79.0 Å². The SMILES string of the molecule is CC(C)CN(C)/N=C\c1cc([N+](=O)[O-])ccc1O. The fraction of sp³-hybridized carbons (Fsp3) is 0.417. The summed E-state index contributed by atoms with van der Waals surface area (Å²) in [4.78, 5) is 10.1. The Labute approximate surface area is 106 Å². The summed E-state index contributed by atoms with van der Waals surface area (Å²) in [6, 6.07) is 3.84. The number of phenolic OH excluding ortho intramolecular Hbond substituents is 1. The number of hydrogen-bond donors (Lipinski definition) is 1. The molecule has 0 heterocycles. The van der Waals surface area contributed by atoms with Gasteiger partial charge in [0.15, 0.2) is 0 Å². The molecule has 1 aromatic carbocycles. The number of hydrazone groups is 1. The summed E-state index contributed by atoms with van der Waals surface area (Å²) >= 11 is 0. The van der Waals surface area contributed by atoms with Crippen LogP contribution in [0.4, 0.5) is 5.69 Å². The van der Waals surface area contributed by atoms with Gasteiger partial charge in [-0.2, -0.15) is 5.10 Å². The minimum atomic E-state index is -0.505. The zero-order valence-corrected chi connectivity index (χ0v) is 10.7. The third-order valence-corrected chi connectivity index (χ3v) is 2.25. The van der Waals surface area contributed by atoms with Crippen molar-refractivity contribution in [3.05, 3.63) is 33.9 Å². The van der Waals surface area contributed by atoms with E-state index < -0.39 is 4.92 Å². The van der Waals surface area contributed by atoms with E-state index in [1.807, 2.05) is 7.05 Å². The van der Waals surface area contributed by atoms with Gasteiger partial charge in [-0.1, -0.05) is 13.8 Å². The van der Waals surface area contributed by atoms with Crippen molar-refractivity contribution >= 4 is 11.9 Å². The largest absolute Gasteiger partial charge is 0.507 e. The fourth-order valence-electron chi connectivity index (χ4n) is 1.50. The standard InChI is InChI=1S/C12H17N3O3/c1-9(2)8-14(3)13-7-10-6-11(15(17)18)4-5-12(10)16/h4-7,9,16H,8H2,1-3H3/b13-7-. The predicted octanol–water partition coefficient (Wildman–Crippen LogP) is 2.22. The van der Waals surface area contributed by atoms with Crippen molar-refractivity contribution < 1.29 is 10.0 Å². The highest BCUT2D eigenvalue weighted by atomic mass is 16.6. The van der Waals surface area contributed by atoms with Gasteiger partial charge in [-0.05, 0) is 12.0 Å². The van der Waals surface area contributed by atoms with Gasteiger partial charge in [0.1, 0.15) is 5.75 Å². The molecule has 0 saturated carbocycles. The lowest BCUT2D eigenvalue weighted by atomic mass is 10.2. The quantitative estimate of drug-likeness (QED) is 0.494. The van der Waals surface area contributed by atoms with E-state index in [1.165, 1.54) is 24.4 Å². The second kappa shape index (κ2) is 6.00. The third-order valence-electron chi connectivity index (χ3n) is 2.25. The molecule has 1 N–H and O–H groups in total. The van der Waals surface area contributed by atoms with Gasteiger partial charge in [0.2, 0.25) is 0 Å². The van der Waals surface area contributed by atoms with Crippen LogP contribution >= 0.6 is 0 Å². The molecule has 6 heteroatoms. The molecule has 0 unspecified atom stereocenters. The van der Waals surface area contributed by atoms with E-state index >= 15 is 0 Å². The molecule has 98 valence electrons. The van der Waals surface area contributed by atoms with Gasteiger partial charge in [-0.25, -0.2) is 0 Å². The monoisotopic (exact) mass is 251 g/mol. The molecule has 0 radical (unpaired) electrons. The van der Waals surface area contributed by atoms with Gasteiger partial charge in [-0.3, -0.25) is 15.1 Å². The molecular weight excluding hydrogens is 234 g/mol. The number of rotatable bonds is 5. The Morgan fingerprint density at radius 1 is 1.56 bits per heavy atom. The van der Waals surface area contributed by atoms with E-state index in [2.05, 4.69) is 18.9 Å². The molecular formula is C12H17N3O3. The van der Waals surface area contributed by atoms with Crippen molar-refractivity contribution in [1.29, 1.82) is 0 Å². The molecule has 0 aliphatic heterocycles. The first-order chi connectivity index (χ1) is 8.40. The van der Waals surface area contributed by atoms with Crippen molar-refractivity contribution in [2.75, 3.05) is 13.6 Å². The highest BCUT2D eigenvalue weighted by molar-refractivity contribution is 5.84. The third kappa shape index (κ3) is 4.04. The zero-order chi connectivity index (χ0) is 13.7. The lowest BCUT2D eigenvalue weighted by Gasteiger charge is -2.14. The van der Waals surface area contributed by atoms with Crippen LogP contribution in [0.3, 0.4) is 0 Å². The molecule has 6 nitrogen and oxygen atoms in total. The maximum Gasteiger partial charge on any atom is 0.270 e. The number of benzene rings is 1. The second-order valence-corrected chi connectivity index (χ2v) is 4.48. The Hall–Kier alpha value is -2.11. The van der Waals surface area contributed by atoms with E-state index in [4.69, 9.17) is 0 Å². The first kappa shape index (κ1) is 14.0. The normalized spacial score (nSPS) is 11.1. The number of aromatic hydroxyl groups is 1. The Kier molecular flexibility index (Phi) is 4.65. The van der Waals surface area contributed by atoms with Crippen molar-refractivity contribution in [3.63, 3.8) is 0 Å². The van der Waals surface area contributed by atoms with E-state index in [9.17, 15) is 15.2 Å². The van der Waals surface area contributed by atoms with Crippen LogP contribution in [-0.4, -0.2) is 34.8 Å².